The Morgan fingerprint density at radius 3 is 2.77 bits per heavy atom. The van der Waals surface area contributed by atoms with Crippen molar-refractivity contribution in [2.75, 3.05) is 19.6 Å². The zero-order chi connectivity index (χ0) is 15.6. The molecule has 5 heteroatoms. The van der Waals surface area contributed by atoms with E-state index in [1.807, 2.05) is 12.1 Å². The van der Waals surface area contributed by atoms with Gasteiger partial charge in [-0.3, -0.25) is 4.79 Å². The van der Waals surface area contributed by atoms with E-state index in [0.717, 1.165) is 42.3 Å². The molecule has 0 spiro atoms. The van der Waals surface area contributed by atoms with Crippen LogP contribution in [0.4, 0.5) is 0 Å². The zero-order valence-corrected chi connectivity index (χ0v) is 14.2. The molecule has 4 nitrogen and oxygen atoms in total. The average molecular weight is 367 g/mol. The molecule has 3 N–H and O–H groups in total. The van der Waals surface area contributed by atoms with Gasteiger partial charge >= 0.3 is 0 Å². The third-order valence-electron chi connectivity index (χ3n) is 5.10. The number of β-amino-alcohol motifs (C(OH)–C–C–N with tert-alkyl or cyclic N) is 1. The van der Waals surface area contributed by atoms with Crippen molar-refractivity contribution < 1.29 is 9.90 Å². The summed E-state index contributed by atoms with van der Waals surface area (Å²) in [6.45, 7) is 1.94. The van der Waals surface area contributed by atoms with Crippen LogP contribution in [-0.2, 0) is 10.2 Å². The van der Waals surface area contributed by atoms with Crippen molar-refractivity contribution in [1.29, 1.82) is 0 Å². The first-order valence-corrected chi connectivity index (χ1v) is 8.84. The Hall–Kier alpha value is -0.910. The van der Waals surface area contributed by atoms with Crippen LogP contribution in [0.5, 0.6) is 0 Å². The van der Waals surface area contributed by atoms with Crippen LogP contribution in [-0.4, -0.2) is 36.8 Å². The van der Waals surface area contributed by atoms with E-state index in [4.69, 9.17) is 0 Å². The van der Waals surface area contributed by atoms with Crippen LogP contribution in [0.1, 0.15) is 31.2 Å². The predicted molar refractivity (Wildman–Crippen MR) is 89.7 cm³/mol. The van der Waals surface area contributed by atoms with E-state index < -0.39 is 5.41 Å². The number of hydrogen-bond acceptors (Lipinski definition) is 3. The SMILES string of the molecule is O=C(NCC1CNCC1O)C1(c2cccc(Br)c2)CCCC1. The molecule has 2 fully saturated rings. The minimum Gasteiger partial charge on any atom is -0.391 e. The van der Waals surface area contributed by atoms with Crippen molar-refractivity contribution in [2.24, 2.45) is 5.92 Å². The topological polar surface area (TPSA) is 61.4 Å². The van der Waals surface area contributed by atoms with Gasteiger partial charge in [-0.1, -0.05) is 40.9 Å². The number of aliphatic hydroxyl groups is 1. The van der Waals surface area contributed by atoms with Crippen molar-refractivity contribution in [3.63, 3.8) is 0 Å². The van der Waals surface area contributed by atoms with Crippen molar-refractivity contribution in [1.82, 2.24) is 10.6 Å². The van der Waals surface area contributed by atoms with Gasteiger partial charge in [-0.05, 0) is 30.5 Å². The van der Waals surface area contributed by atoms with Gasteiger partial charge in [0.05, 0.1) is 11.5 Å². The highest BCUT2D eigenvalue weighted by Crippen LogP contribution is 2.42. The molecule has 0 bridgehead atoms. The fourth-order valence-electron chi connectivity index (χ4n) is 3.73. The summed E-state index contributed by atoms with van der Waals surface area (Å²) in [5, 5.41) is 16.1. The summed E-state index contributed by atoms with van der Waals surface area (Å²) in [4.78, 5) is 12.9. The van der Waals surface area contributed by atoms with Crippen LogP contribution in [0.25, 0.3) is 0 Å². The molecule has 2 atom stereocenters. The Balaban J connectivity index is 1.74. The smallest absolute Gasteiger partial charge is 0.230 e. The number of rotatable bonds is 4. The number of aliphatic hydroxyl groups excluding tert-OH is 1. The van der Waals surface area contributed by atoms with E-state index in [-0.39, 0.29) is 17.9 Å². The number of carbonyl (C=O) groups is 1. The molecule has 1 aromatic carbocycles. The lowest BCUT2D eigenvalue weighted by Crippen LogP contribution is -2.45. The fourth-order valence-corrected chi connectivity index (χ4v) is 4.13. The first kappa shape index (κ1) is 16.0. The van der Waals surface area contributed by atoms with E-state index in [1.165, 1.54) is 0 Å². The van der Waals surface area contributed by atoms with Gasteiger partial charge in [0.1, 0.15) is 0 Å². The first-order valence-electron chi connectivity index (χ1n) is 8.05. The summed E-state index contributed by atoms with van der Waals surface area (Å²) in [6, 6.07) is 8.11. The van der Waals surface area contributed by atoms with Crippen molar-refractivity contribution >= 4 is 21.8 Å². The van der Waals surface area contributed by atoms with Crippen molar-refractivity contribution in [3.05, 3.63) is 34.3 Å². The van der Waals surface area contributed by atoms with Gasteiger partial charge in [-0.15, -0.1) is 0 Å². The Kier molecular flexibility index (Phi) is 4.85. The highest BCUT2D eigenvalue weighted by Gasteiger charge is 2.43. The molecule has 3 rings (SSSR count). The fraction of sp³-hybridized carbons (Fsp3) is 0.588. The van der Waals surface area contributed by atoms with Gasteiger partial charge in [-0.25, -0.2) is 0 Å². The molecule has 2 unspecified atom stereocenters. The maximum absolute atomic E-state index is 12.9. The van der Waals surface area contributed by atoms with Crippen molar-refractivity contribution in [3.8, 4) is 0 Å². The van der Waals surface area contributed by atoms with Gasteiger partial charge in [-0.2, -0.15) is 0 Å². The Bertz CT molecular complexity index is 543. The predicted octanol–water partition coefficient (Wildman–Crippen LogP) is 1.96. The summed E-state index contributed by atoms with van der Waals surface area (Å²) in [6.07, 6.45) is 3.63. The molecule has 0 aromatic heterocycles. The Labute approximate surface area is 139 Å². The van der Waals surface area contributed by atoms with E-state index in [2.05, 4.69) is 38.7 Å². The summed E-state index contributed by atoms with van der Waals surface area (Å²) < 4.78 is 1.01. The second kappa shape index (κ2) is 6.69. The quantitative estimate of drug-likeness (QED) is 0.763. The molecule has 1 heterocycles. The van der Waals surface area contributed by atoms with Gasteiger partial charge in [0.25, 0.3) is 0 Å². The molecule has 1 aliphatic heterocycles. The number of halogens is 1. The van der Waals surface area contributed by atoms with E-state index in [0.29, 0.717) is 13.1 Å². The summed E-state index contributed by atoms with van der Waals surface area (Å²) in [5.74, 6) is 0.229. The largest absolute Gasteiger partial charge is 0.391 e. The van der Waals surface area contributed by atoms with Crippen LogP contribution >= 0.6 is 15.9 Å². The normalized spacial score (nSPS) is 27.0. The van der Waals surface area contributed by atoms with E-state index in [9.17, 15) is 9.90 Å². The van der Waals surface area contributed by atoms with E-state index >= 15 is 0 Å². The first-order chi connectivity index (χ1) is 10.6. The monoisotopic (exact) mass is 366 g/mol. The second-order valence-corrected chi connectivity index (χ2v) is 7.41. The summed E-state index contributed by atoms with van der Waals surface area (Å²) in [5.41, 5.74) is 0.697. The molecule has 1 aliphatic carbocycles. The average Bonchev–Trinajstić information content (AvgIpc) is 3.15. The molecule has 22 heavy (non-hydrogen) atoms. The Morgan fingerprint density at radius 1 is 1.36 bits per heavy atom. The zero-order valence-electron chi connectivity index (χ0n) is 12.6. The van der Waals surface area contributed by atoms with Gasteiger partial charge in [0.15, 0.2) is 0 Å². The number of nitrogens with one attached hydrogen (secondary N) is 2. The molecule has 1 amide bonds. The lowest BCUT2D eigenvalue weighted by Gasteiger charge is -2.29. The molecule has 1 saturated heterocycles. The number of carbonyl (C=O) groups excluding carboxylic acids is 1. The molecule has 120 valence electrons. The highest BCUT2D eigenvalue weighted by molar-refractivity contribution is 9.10. The molecular formula is C17H23BrN2O2. The third-order valence-corrected chi connectivity index (χ3v) is 5.59. The standard InChI is InChI=1S/C17H23BrN2O2/c18-14-5-3-4-13(8-14)17(6-1-2-7-17)16(22)20-10-12-9-19-11-15(12)21/h3-5,8,12,15,19,21H,1-2,6-7,9-11H2,(H,20,22). The Morgan fingerprint density at radius 2 is 2.14 bits per heavy atom. The maximum atomic E-state index is 12.9. The van der Waals surface area contributed by atoms with Crippen LogP contribution < -0.4 is 10.6 Å². The van der Waals surface area contributed by atoms with Crippen LogP contribution in [0.2, 0.25) is 0 Å². The minimum atomic E-state index is -0.402. The lowest BCUT2D eigenvalue weighted by molar-refractivity contribution is -0.126. The highest BCUT2D eigenvalue weighted by atomic mass is 79.9. The van der Waals surface area contributed by atoms with E-state index in [1.54, 1.807) is 0 Å². The minimum absolute atomic E-state index is 0.113. The summed E-state index contributed by atoms with van der Waals surface area (Å²) in [7, 11) is 0. The number of hydrogen-bond donors (Lipinski definition) is 3. The molecule has 1 aromatic rings. The molecule has 0 radical (unpaired) electrons. The van der Waals surface area contributed by atoms with Crippen LogP contribution in [0.15, 0.2) is 28.7 Å². The van der Waals surface area contributed by atoms with Gasteiger partial charge in [0, 0.05) is 30.0 Å². The number of amides is 1. The summed E-state index contributed by atoms with van der Waals surface area (Å²) >= 11 is 3.51. The van der Waals surface area contributed by atoms with Crippen molar-refractivity contribution in [2.45, 2.75) is 37.2 Å². The lowest BCUT2D eigenvalue weighted by atomic mass is 9.78. The third kappa shape index (κ3) is 3.07. The van der Waals surface area contributed by atoms with Crippen LogP contribution in [0, 0.1) is 5.92 Å². The van der Waals surface area contributed by atoms with Gasteiger partial charge < -0.3 is 15.7 Å². The van der Waals surface area contributed by atoms with Crippen LogP contribution in [0.3, 0.4) is 0 Å². The number of benzene rings is 1. The molecule has 2 aliphatic rings. The molecule has 1 saturated carbocycles. The maximum Gasteiger partial charge on any atom is 0.230 e. The molecular weight excluding hydrogens is 344 g/mol. The van der Waals surface area contributed by atoms with Gasteiger partial charge in [0.2, 0.25) is 5.91 Å². The second-order valence-electron chi connectivity index (χ2n) is 6.50.